The number of carbonyl (C=O) groups is 1. The third-order valence-electron chi connectivity index (χ3n) is 6.22. The van der Waals surface area contributed by atoms with Crippen molar-refractivity contribution in [1.29, 1.82) is 0 Å². The van der Waals surface area contributed by atoms with Crippen LogP contribution >= 0.6 is 0 Å². The number of hydrogen-bond donors (Lipinski definition) is 1. The summed E-state index contributed by atoms with van der Waals surface area (Å²) in [6.07, 6.45) is 0. The second-order valence-electron chi connectivity index (χ2n) is 8.38. The summed E-state index contributed by atoms with van der Waals surface area (Å²) in [7, 11) is 4.57. The Hall–Kier alpha value is -4.52. The number of methoxy groups -OCH3 is 3. The van der Waals surface area contributed by atoms with Gasteiger partial charge in [-0.3, -0.25) is 4.79 Å². The Labute approximate surface area is 209 Å². The number of para-hydroxylation sites is 2. The number of fused-ring (bicyclic) bond motifs is 2. The van der Waals surface area contributed by atoms with E-state index in [1.54, 1.807) is 12.1 Å². The standard InChI is InChI=1S/C29H27N3O4/c1-34-25-15-22(16-26(35-2)28(25)36-3)29(33)30-17-27-31-23-10-6-7-11-24(23)32(27)18-19-12-13-20-8-4-5-9-21(20)14-19/h4-16H,17-18H2,1-3H3,(H,30,33). The van der Waals surface area contributed by atoms with Crippen LogP contribution < -0.4 is 19.5 Å². The number of hydrogen-bond acceptors (Lipinski definition) is 5. The molecule has 36 heavy (non-hydrogen) atoms. The maximum atomic E-state index is 13.1. The normalized spacial score (nSPS) is 11.0. The quantitative estimate of drug-likeness (QED) is 0.330. The molecule has 4 aromatic carbocycles. The number of nitrogens with zero attached hydrogens (tertiary/aromatic N) is 2. The third kappa shape index (κ3) is 4.43. The highest BCUT2D eigenvalue weighted by molar-refractivity contribution is 5.95. The van der Waals surface area contributed by atoms with Gasteiger partial charge in [0.2, 0.25) is 5.75 Å². The van der Waals surface area contributed by atoms with E-state index in [0.29, 0.717) is 29.4 Å². The minimum absolute atomic E-state index is 0.262. The lowest BCUT2D eigenvalue weighted by Gasteiger charge is -2.14. The van der Waals surface area contributed by atoms with Crippen molar-refractivity contribution < 1.29 is 19.0 Å². The van der Waals surface area contributed by atoms with Crippen molar-refractivity contribution in [2.24, 2.45) is 0 Å². The Balaban J connectivity index is 1.43. The minimum atomic E-state index is -0.265. The summed E-state index contributed by atoms with van der Waals surface area (Å²) < 4.78 is 18.3. The third-order valence-corrected chi connectivity index (χ3v) is 6.22. The molecule has 1 amide bonds. The maximum absolute atomic E-state index is 13.1. The molecule has 0 spiro atoms. The van der Waals surface area contributed by atoms with E-state index in [4.69, 9.17) is 19.2 Å². The Bertz CT molecular complexity index is 1530. The summed E-state index contributed by atoms with van der Waals surface area (Å²) >= 11 is 0. The summed E-state index contributed by atoms with van der Waals surface area (Å²) in [5, 5.41) is 5.39. The van der Waals surface area contributed by atoms with Crippen LogP contribution in [0.15, 0.2) is 78.9 Å². The molecule has 0 radical (unpaired) electrons. The van der Waals surface area contributed by atoms with Crippen LogP contribution in [0.5, 0.6) is 17.2 Å². The summed E-state index contributed by atoms with van der Waals surface area (Å²) in [6.45, 7) is 0.901. The Morgan fingerprint density at radius 2 is 1.53 bits per heavy atom. The first-order valence-corrected chi connectivity index (χ1v) is 11.6. The largest absolute Gasteiger partial charge is 0.493 e. The number of aromatic nitrogens is 2. The molecule has 1 aromatic heterocycles. The monoisotopic (exact) mass is 481 g/mol. The van der Waals surface area contributed by atoms with Crippen LogP contribution in [0.1, 0.15) is 21.7 Å². The second kappa shape index (κ2) is 10.00. The molecule has 0 saturated carbocycles. The number of amides is 1. The lowest BCUT2D eigenvalue weighted by molar-refractivity contribution is 0.0948. The topological polar surface area (TPSA) is 74.6 Å². The van der Waals surface area contributed by atoms with E-state index in [1.807, 2.05) is 36.4 Å². The van der Waals surface area contributed by atoms with E-state index in [0.717, 1.165) is 22.4 Å². The molecular weight excluding hydrogens is 454 g/mol. The molecule has 0 fully saturated rings. The SMILES string of the molecule is COc1cc(C(=O)NCc2nc3ccccc3n2Cc2ccc3ccccc3c2)cc(OC)c1OC. The molecule has 182 valence electrons. The number of benzene rings is 4. The zero-order valence-electron chi connectivity index (χ0n) is 20.4. The molecule has 0 unspecified atom stereocenters. The minimum Gasteiger partial charge on any atom is -0.493 e. The fourth-order valence-corrected chi connectivity index (χ4v) is 4.43. The smallest absolute Gasteiger partial charge is 0.251 e. The molecule has 5 rings (SSSR count). The summed E-state index contributed by atoms with van der Waals surface area (Å²) in [5.41, 5.74) is 3.47. The molecule has 0 atom stereocenters. The van der Waals surface area contributed by atoms with Crippen LogP contribution in [0.25, 0.3) is 21.8 Å². The van der Waals surface area contributed by atoms with Crippen LogP contribution in [-0.4, -0.2) is 36.8 Å². The lowest BCUT2D eigenvalue weighted by atomic mass is 10.1. The number of ether oxygens (including phenoxy) is 3. The van der Waals surface area contributed by atoms with Gasteiger partial charge in [0.05, 0.1) is 38.9 Å². The molecular formula is C29H27N3O4. The van der Waals surface area contributed by atoms with Gasteiger partial charge < -0.3 is 24.1 Å². The average Bonchev–Trinajstić information content (AvgIpc) is 3.27. The van der Waals surface area contributed by atoms with Crippen molar-refractivity contribution in [1.82, 2.24) is 14.9 Å². The summed E-state index contributed by atoms with van der Waals surface area (Å²) in [5.74, 6) is 1.79. The fraction of sp³-hybridized carbons (Fsp3) is 0.172. The molecule has 0 saturated heterocycles. The van der Waals surface area contributed by atoms with Crippen molar-refractivity contribution in [3.8, 4) is 17.2 Å². The van der Waals surface area contributed by atoms with E-state index in [1.165, 1.54) is 32.1 Å². The summed E-state index contributed by atoms with van der Waals surface area (Å²) in [6, 6.07) is 26.0. The fourth-order valence-electron chi connectivity index (χ4n) is 4.43. The van der Waals surface area contributed by atoms with Gasteiger partial charge in [-0.25, -0.2) is 4.98 Å². The van der Waals surface area contributed by atoms with Crippen molar-refractivity contribution in [2.45, 2.75) is 13.1 Å². The second-order valence-corrected chi connectivity index (χ2v) is 8.38. The van der Waals surface area contributed by atoms with Crippen LogP contribution in [0.3, 0.4) is 0 Å². The molecule has 0 aliphatic rings. The van der Waals surface area contributed by atoms with E-state index >= 15 is 0 Å². The van der Waals surface area contributed by atoms with Gasteiger partial charge in [-0.1, -0.05) is 48.5 Å². The molecule has 5 aromatic rings. The van der Waals surface area contributed by atoms with Crippen LogP contribution in [0.4, 0.5) is 0 Å². The van der Waals surface area contributed by atoms with E-state index in [-0.39, 0.29) is 12.5 Å². The lowest BCUT2D eigenvalue weighted by Crippen LogP contribution is -2.25. The van der Waals surface area contributed by atoms with Crippen molar-refractivity contribution in [3.63, 3.8) is 0 Å². The van der Waals surface area contributed by atoms with Crippen LogP contribution in [-0.2, 0) is 13.1 Å². The zero-order valence-corrected chi connectivity index (χ0v) is 20.4. The van der Waals surface area contributed by atoms with Gasteiger partial charge in [-0.05, 0) is 46.7 Å². The van der Waals surface area contributed by atoms with Gasteiger partial charge in [0.1, 0.15) is 5.82 Å². The molecule has 7 nitrogen and oxygen atoms in total. The zero-order chi connectivity index (χ0) is 25.1. The predicted octanol–water partition coefficient (Wildman–Crippen LogP) is 5.19. The van der Waals surface area contributed by atoms with E-state index < -0.39 is 0 Å². The van der Waals surface area contributed by atoms with E-state index in [2.05, 4.69) is 40.2 Å². The molecule has 0 aliphatic carbocycles. The van der Waals surface area contributed by atoms with E-state index in [9.17, 15) is 4.79 Å². The molecule has 1 heterocycles. The first-order valence-electron chi connectivity index (χ1n) is 11.6. The van der Waals surface area contributed by atoms with Crippen LogP contribution in [0.2, 0.25) is 0 Å². The molecule has 0 bridgehead atoms. The van der Waals surface area contributed by atoms with Crippen molar-refractivity contribution in [2.75, 3.05) is 21.3 Å². The van der Waals surface area contributed by atoms with Gasteiger partial charge in [0, 0.05) is 12.1 Å². The maximum Gasteiger partial charge on any atom is 0.251 e. The average molecular weight is 482 g/mol. The number of carbonyl (C=O) groups excluding carboxylic acids is 1. The highest BCUT2D eigenvalue weighted by Gasteiger charge is 2.18. The Morgan fingerprint density at radius 1 is 0.833 bits per heavy atom. The molecule has 0 aliphatic heterocycles. The Morgan fingerprint density at radius 3 is 2.25 bits per heavy atom. The van der Waals surface area contributed by atoms with Gasteiger partial charge in [-0.2, -0.15) is 0 Å². The first kappa shape index (κ1) is 23.2. The molecule has 7 heteroatoms. The molecule has 1 N–H and O–H groups in total. The number of nitrogens with one attached hydrogen (secondary N) is 1. The van der Waals surface area contributed by atoms with Crippen molar-refractivity contribution >= 4 is 27.7 Å². The highest BCUT2D eigenvalue weighted by atomic mass is 16.5. The Kier molecular flexibility index (Phi) is 6.45. The first-order chi connectivity index (χ1) is 17.6. The van der Waals surface area contributed by atoms with Crippen molar-refractivity contribution in [3.05, 3.63) is 95.8 Å². The van der Waals surface area contributed by atoms with Gasteiger partial charge in [0.25, 0.3) is 5.91 Å². The number of rotatable bonds is 8. The predicted molar refractivity (Wildman–Crippen MR) is 140 cm³/mol. The number of imidazole rings is 1. The highest BCUT2D eigenvalue weighted by Crippen LogP contribution is 2.38. The summed E-state index contributed by atoms with van der Waals surface area (Å²) in [4.78, 5) is 17.9. The van der Waals surface area contributed by atoms with Crippen LogP contribution in [0, 0.1) is 0 Å². The van der Waals surface area contributed by atoms with Gasteiger partial charge >= 0.3 is 0 Å². The van der Waals surface area contributed by atoms with Gasteiger partial charge in [-0.15, -0.1) is 0 Å². The van der Waals surface area contributed by atoms with Gasteiger partial charge in [0.15, 0.2) is 11.5 Å².